The van der Waals surface area contributed by atoms with Crippen LogP contribution in [0.15, 0.2) is 0 Å². The summed E-state index contributed by atoms with van der Waals surface area (Å²) in [6.45, 7) is 15.1. The zero-order valence-electron chi connectivity index (χ0n) is 14.2. The third-order valence-electron chi connectivity index (χ3n) is 3.75. The highest BCUT2D eigenvalue weighted by Gasteiger charge is 2.27. The van der Waals surface area contributed by atoms with E-state index < -0.39 is 0 Å². The minimum atomic E-state index is 0.173. The van der Waals surface area contributed by atoms with Gasteiger partial charge in [0.2, 0.25) is 0 Å². The van der Waals surface area contributed by atoms with E-state index in [2.05, 4.69) is 38.1 Å². The van der Waals surface area contributed by atoms with Crippen molar-refractivity contribution in [1.29, 1.82) is 0 Å². The van der Waals surface area contributed by atoms with Crippen LogP contribution in [0.2, 0.25) is 5.02 Å². The number of likely N-dealkylation sites (N-methyl/N-ethyl adjacent to an activating group) is 1. The van der Waals surface area contributed by atoms with Crippen LogP contribution in [0.4, 0.5) is 0 Å². The van der Waals surface area contributed by atoms with E-state index in [1.54, 1.807) is 0 Å². The number of hydrogen-bond donors (Lipinski definition) is 1. The number of nitrogens with zero attached hydrogens (tertiary/aromatic N) is 2. The second-order valence-electron chi connectivity index (χ2n) is 5.69. The lowest BCUT2D eigenvalue weighted by Crippen LogP contribution is -2.46. The first-order valence-electron chi connectivity index (χ1n) is 8.02. The summed E-state index contributed by atoms with van der Waals surface area (Å²) in [7, 11) is 0. The number of nitrogens with one attached hydrogen (secondary N) is 1. The Hall–Kier alpha value is -0.580. The first kappa shape index (κ1) is 18.5. The van der Waals surface area contributed by atoms with E-state index in [9.17, 15) is 0 Å². The molecule has 4 nitrogen and oxygen atoms in total. The van der Waals surface area contributed by atoms with Gasteiger partial charge in [-0.15, -0.1) is 0 Å². The molecule has 0 radical (unpaired) electrons. The molecule has 0 spiro atoms. The monoisotopic (exact) mass is 315 g/mol. The van der Waals surface area contributed by atoms with Crippen molar-refractivity contribution >= 4 is 11.6 Å². The fourth-order valence-corrected chi connectivity index (χ4v) is 3.02. The van der Waals surface area contributed by atoms with Crippen molar-refractivity contribution < 1.29 is 4.74 Å². The standard InChI is InChI=1S/C16H30ClN3O/c1-7-18-13(16(11(4)5)21-9-3)10-14-15(17)12(6)19-20(14)8-2/h11,13,16,18H,7-10H2,1-6H3. The van der Waals surface area contributed by atoms with Crippen LogP contribution < -0.4 is 5.32 Å². The Morgan fingerprint density at radius 2 is 1.95 bits per heavy atom. The summed E-state index contributed by atoms with van der Waals surface area (Å²) in [6, 6.07) is 0.244. The lowest BCUT2D eigenvalue weighted by molar-refractivity contribution is 0.00353. The van der Waals surface area contributed by atoms with Crippen molar-refractivity contribution in [3.63, 3.8) is 0 Å². The van der Waals surface area contributed by atoms with E-state index in [4.69, 9.17) is 16.3 Å². The van der Waals surface area contributed by atoms with Crippen LogP contribution in [0.5, 0.6) is 0 Å². The van der Waals surface area contributed by atoms with Crippen LogP contribution in [0.1, 0.15) is 46.0 Å². The molecule has 122 valence electrons. The SMILES string of the molecule is CCNC(Cc1c(Cl)c(C)nn1CC)C(OCC)C(C)C. The number of aromatic nitrogens is 2. The highest BCUT2D eigenvalue weighted by atomic mass is 35.5. The summed E-state index contributed by atoms with van der Waals surface area (Å²) < 4.78 is 7.98. The van der Waals surface area contributed by atoms with Gasteiger partial charge in [0, 0.05) is 25.6 Å². The average molecular weight is 316 g/mol. The third kappa shape index (κ3) is 4.70. The van der Waals surface area contributed by atoms with E-state index in [1.807, 2.05) is 18.5 Å². The summed E-state index contributed by atoms with van der Waals surface area (Å²) in [5.74, 6) is 0.451. The molecule has 1 aromatic rings. The van der Waals surface area contributed by atoms with Gasteiger partial charge in [0.1, 0.15) is 0 Å². The van der Waals surface area contributed by atoms with Crippen LogP contribution in [0.25, 0.3) is 0 Å². The van der Waals surface area contributed by atoms with Crippen molar-refractivity contribution in [2.45, 2.75) is 66.7 Å². The Morgan fingerprint density at radius 3 is 2.43 bits per heavy atom. The maximum atomic E-state index is 6.45. The molecule has 1 aromatic heterocycles. The average Bonchev–Trinajstić information content (AvgIpc) is 2.71. The molecule has 0 amide bonds. The first-order valence-corrected chi connectivity index (χ1v) is 8.40. The number of hydrogen-bond acceptors (Lipinski definition) is 3. The molecule has 1 heterocycles. The van der Waals surface area contributed by atoms with Crippen LogP contribution >= 0.6 is 11.6 Å². The summed E-state index contributed by atoms with van der Waals surface area (Å²) >= 11 is 6.45. The van der Waals surface area contributed by atoms with Crippen LogP contribution in [-0.4, -0.2) is 35.1 Å². The Labute approximate surface area is 134 Å². The topological polar surface area (TPSA) is 39.1 Å². The quantitative estimate of drug-likeness (QED) is 0.758. The van der Waals surface area contributed by atoms with Gasteiger partial charge in [-0.25, -0.2) is 0 Å². The fourth-order valence-electron chi connectivity index (χ4n) is 2.80. The van der Waals surface area contributed by atoms with Crippen LogP contribution in [0.3, 0.4) is 0 Å². The van der Waals surface area contributed by atoms with E-state index in [0.29, 0.717) is 5.92 Å². The van der Waals surface area contributed by atoms with Gasteiger partial charge in [0.25, 0.3) is 0 Å². The number of ether oxygens (including phenoxy) is 1. The molecule has 0 bridgehead atoms. The lowest BCUT2D eigenvalue weighted by Gasteiger charge is -2.31. The van der Waals surface area contributed by atoms with E-state index in [0.717, 1.165) is 42.5 Å². The Bertz CT molecular complexity index is 431. The van der Waals surface area contributed by atoms with Gasteiger partial charge in [0.15, 0.2) is 0 Å². The van der Waals surface area contributed by atoms with Crippen molar-refractivity contribution in [2.75, 3.05) is 13.2 Å². The number of rotatable bonds is 9. The van der Waals surface area contributed by atoms with Crippen molar-refractivity contribution in [3.8, 4) is 0 Å². The molecule has 5 heteroatoms. The molecule has 0 fully saturated rings. The molecule has 1 N–H and O–H groups in total. The summed E-state index contributed by atoms with van der Waals surface area (Å²) in [4.78, 5) is 0. The smallest absolute Gasteiger partial charge is 0.0847 e. The number of halogens is 1. The van der Waals surface area contributed by atoms with Crippen LogP contribution in [0, 0.1) is 12.8 Å². The normalized spacial score (nSPS) is 14.7. The summed E-state index contributed by atoms with van der Waals surface area (Å²) in [5.41, 5.74) is 2.01. The molecule has 0 aliphatic heterocycles. The second kappa shape index (κ2) is 8.76. The molecule has 1 rings (SSSR count). The van der Waals surface area contributed by atoms with Gasteiger partial charge in [-0.05, 0) is 33.2 Å². The van der Waals surface area contributed by atoms with Gasteiger partial charge >= 0.3 is 0 Å². The molecular weight excluding hydrogens is 286 g/mol. The predicted molar refractivity (Wildman–Crippen MR) is 89.1 cm³/mol. The maximum Gasteiger partial charge on any atom is 0.0847 e. The van der Waals surface area contributed by atoms with Crippen molar-refractivity contribution in [1.82, 2.24) is 15.1 Å². The highest BCUT2D eigenvalue weighted by Crippen LogP contribution is 2.24. The largest absolute Gasteiger partial charge is 0.377 e. The highest BCUT2D eigenvalue weighted by molar-refractivity contribution is 6.31. The molecule has 21 heavy (non-hydrogen) atoms. The predicted octanol–water partition coefficient (Wildman–Crippen LogP) is 3.45. The lowest BCUT2D eigenvalue weighted by atomic mass is 9.95. The Balaban J connectivity index is 3.01. The van der Waals surface area contributed by atoms with Gasteiger partial charge < -0.3 is 10.1 Å². The number of aryl methyl sites for hydroxylation is 2. The molecule has 2 unspecified atom stereocenters. The van der Waals surface area contributed by atoms with Gasteiger partial charge in [-0.2, -0.15) is 5.10 Å². The molecule has 0 saturated carbocycles. The Morgan fingerprint density at radius 1 is 1.29 bits per heavy atom. The van der Waals surface area contributed by atoms with Gasteiger partial charge in [-0.1, -0.05) is 32.4 Å². The van der Waals surface area contributed by atoms with Crippen LogP contribution in [-0.2, 0) is 17.7 Å². The minimum absolute atomic E-state index is 0.173. The third-order valence-corrected chi connectivity index (χ3v) is 4.24. The van der Waals surface area contributed by atoms with E-state index in [-0.39, 0.29) is 12.1 Å². The molecule has 0 aliphatic rings. The molecule has 0 aliphatic carbocycles. The fraction of sp³-hybridized carbons (Fsp3) is 0.812. The molecule has 2 atom stereocenters. The van der Waals surface area contributed by atoms with Crippen molar-refractivity contribution in [2.24, 2.45) is 5.92 Å². The first-order chi connectivity index (χ1) is 9.96. The molecule has 0 saturated heterocycles. The second-order valence-corrected chi connectivity index (χ2v) is 6.07. The summed E-state index contributed by atoms with van der Waals surface area (Å²) in [5, 5.41) is 8.86. The zero-order chi connectivity index (χ0) is 16.0. The maximum absolute atomic E-state index is 6.45. The molecule has 0 aromatic carbocycles. The van der Waals surface area contributed by atoms with E-state index in [1.165, 1.54) is 0 Å². The van der Waals surface area contributed by atoms with Gasteiger partial charge in [0.05, 0.1) is 22.5 Å². The van der Waals surface area contributed by atoms with E-state index >= 15 is 0 Å². The Kier molecular flexibility index (Phi) is 7.71. The van der Waals surface area contributed by atoms with Gasteiger partial charge in [-0.3, -0.25) is 4.68 Å². The summed E-state index contributed by atoms with van der Waals surface area (Å²) in [6.07, 6.45) is 1.01. The zero-order valence-corrected chi connectivity index (χ0v) is 15.0. The van der Waals surface area contributed by atoms with Crippen molar-refractivity contribution in [3.05, 3.63) is 16.4 Å². The minimum Gasteiger partial charge on any atom is -0.377 e. The molecular formula is C16H30ClN3O.